The highest BCUT2D eigenvalue weighted by atomic mass is 16.3. The first-order valence-corrected chi connectivity index (χ1v) is 21.3. The van der Waals surface area contributed by atoms with Crippen LogP contribution < -0.4 is 0 Å². The van der Waals surface area contributed by atoms with Gasteiger partial charge in [0.15, 0.2) is 17.2 Å². The fraction of sp³-hybridized carbons (Fsp3) is 0. The second kappa shape index (κ2) is 12.9. The van der Waals surface area contributed by atoms with Crippen LogP contribution in [-0.2, 0) is 0 Å². The third kappa shape index (κ3) is 4.86. The van der Waals surface area contributed by atoms with Crippen LogP contribution >= 0.6 is 0 Å². The lowest BCUT2D eigenvalue weighted by Crippen LogP contribution is -2.07. The van der Waals surface area contributed by atoms with Crippen molar-refractivity contribution in [2.75, 3.05) is 0 Å². The maximum atomic E-state index is 7.16. The number of fused-ring (bicyclic) bond motifs is 12. The van der Waals surface area contributed by atoms with E-state index in [1.54, 1.807) is 0 Å². The van der Waals surface area contributed by atoms with Crippen LogP contribution in [0.15, 0.2) is 205 Å². The molecule has 4 heterocycles. The van der Waals surface area contributed by atoms with E-state index in [1.807, 2.05) is 6.07 Å². The summed E-state index contributed by atoms with van der Waals surface area (Å²) in [6.07, 6.45) is 0. The van der Waals surface area contributed by atoms with Crippen LogP contribution in [0.2, 0.25) is 0 Å². The molecule has 4 aromatic heterocycles. The van der Waals surface area contributed by atoms with Gasteiger partial charge in [-0.05, 0) is 63.3 Å². The minimum absolute atomic E-state index is 0.545. The van der Waals surface area contributed by atoms with E-state index in [0.29, 0.717) is 17.6 Å². The molecule has 6 nitrogen and oxygen atoms in total. The van der Waals surface area contributed by atoms with E-state index in [2.05, 4.69) is 203 Å². The summed E-state index contributed by atoms with van der Waals surface area (Å²) in [5.74, 6) is 1.71. The van der Waals surface area contributed by atoms with Gasteiger partial charge in [-0.1, -0.05) is 164 Å². The maximum absolute atomic E-state index is 7.16. The third-order valence-corrected chi connectivity index (χ3v) is 12.9. The lowest BCUT2D eigenvalue weighted by atomic mass is 9.95. The van der Waals surface area contributed by atoms with Crippen molar-refractivity contribution in [1.29, 1.82) is 0 Å². The standard InChI is InChI=1S/C57H33N5O/c1-2-18-36-33-49-45(32-35(36)17-1)40-23-9-11-28-46(40)61(49)53-42-25-6-5-24-41(42)52(51-44-26-10-14-31-50(44)63-54(51)53)56-58-55(43-27-15-19-34-16-3-4-20-37(34)43)59-57(60-56)62-47-29-12-7-21-38(47)39-22-8-13-30-48(39)62/h1-33H. The Hall–Kier alpha value is -8.61. The van der Waals surface area contributed by atoms with Crippen LogP contribution in [-0.4, -0.2) is 24.1 Å². The van der Waals surface area contributed by atoms with Gasteiger partial charge in [-0.15, -0.1) is 0 Å². The van der Waals surface area contributed by atoms with E-state index in [-0.39, 0.29) is 0 Å². The molecule has 0 radical (unpaired) electrons. The SMILES string of the molecule is c1ccc2cc3c(cc2c1)c1ccccc1n3-c1c2ccccc2c(-c2nc(-c3cccc4ccccc34)nc(-n3c4ccccc4c4ccccc43)n2)c2c1oc1ccccc12. The maximum Gasteiger partial charge on any atom is 0.238 e. The Labute approximate surface area is 359 Å². The summed E-state index contributed by atoms with van der Waals surface area (Å²) >= 11 is 0. The van der Waals surface area contributed by atoms with E-state index in [1.165, 1.54) is 21.5 Å². The summed E-state index contributed by atoms with van der Waals surface area (Å²) < 4.78 is 11.8. The van der Waals surface area contributed by atoms with Gasteiger partial charge >= 0.3 is 0 Å². The third-order valence-electron chi connectivity index (χ3n) is 12.9. The largest absolute Gasteiger partial charge is 0.454 e. The Bertz CT molecular complexity index is 4170. The first-order chi connectivity index (χ1) is 31.3. The molecule has 0 aliphatic carbocycles. The molecule has 14 rings (SSSR count). The highest BCUT2D eigenvalue weighted by Crippen LogP contribution is 2.48. The number of hydrogen-bond donors (Lipinski definition) is 0. The lowest BCUT2D eigenvalue weighted by molar-refractivity contribution is 0.667. The summed E-state index contributed by atoms with van der Waals surface area (Å²) in [7, 11) is 0. The molecule has 0 saturated carbocycles. The summed E-state index contributed by atoms with van der Waals surface area (Å²) in [6.45, 7) is 0. The Morgan fingerprint density at radius 3 is 1.60 bits per heavy atom. The Balaban J connectivity index is 1.16. The number of aromatic nitrogens is 5. The van der Waals surface area contributed by atoms with Crippen molar-refractivity contribution in [2.45, 2.75) is 0 Å². The predicted octanol–water partition coefficient (Wildman–Crippen LogP) is 14.8. The van der Waals surface area contributed by atoms with Crippen LogP contribution in [0.5, 0.6) is 0 Å². The molecule has 0 fully saturated rings. The number of rotatable bonds is 4. The summed E-state index contributed by atoms with van der Waals surface area (Å²) in [5, 5.41) is 13.2. The number of hydrogen-bond acceptors (Lipinski definition) is 4. The summed E-state index contributed by atoms with van der Waals surface area (Å²) in [5.41, 5.74) is 8.64. The average Bonchev–Trinajstić information content (AvgIpc) is 4.00. The molecule has 0 unspecified atom stereocenters. The molecule has 63 heavy (non-hydrogen) atoms. The first-order valence-electron chi connectivity index (χ1n) is 21.3. The second-order valence-electron chi connectivity index (χ2n) is 16.3. The van der Waals surface area contributed by atoms with Crippen LogP contribution in [0.4, 0.5) is 0 Å². The normalized spacial score (nSPS) is 12.1. The summed E-state index contributed by atoms with van der Waals surface area (Å²) in [6, 6.07) is 70.7. The monoisotopic (exact) mass is 803 g/mol. The number of benzene rings is 10. The highest BCUT2D eigenvalue weighted by Gasteiger charge is 2.28. The quantitative estimate of drug-likeness (QED) is 0.178. The molecule has 10 aromatic carbocycles. The molecular weight excluding hydrogens is 771 g/mol. The minimum Gasteiger partial charge on any atom is -0.454 e. The average molecular weight is 804 g/mol. The van der Waals surface area contributed by atoms with Crippen LogP contribution in [0.3, 0.4) is 0 Å². The van der Waals surface area contributed by atoms with Crippen LogP contribution in [0, 0.1) is 0 Å². The summed E-state index contributed by atoms with van der Waals surface area (Å²) in [4.78, 5) is 16.5. The van der Waals surface area contributed by atoms with Gasteiger partial charge in [-0.3, -0.25) is 4.57 Å². The Kier molecular flexibility index (Phi) is 7.02. The van der Waals surface area contributed by atoms with Crippen molar-refractivity contribution in [1.82, 2.24) is 24.1 Å². The minimum atomic E-state index is 0.545. The van der Waals surface area contributed by atoms with Crippen molar-refractivity contribution in [3.05, 3.63) is 200 Å². The Morgan fingerprint density at radius 2 is 0.873 bits per heavy atom. The van der Waals surface area contributed by atoms with Gasteiger partial charge in [0, 0.05) is 48.8 Å². The van der Waals surface area contributed by atoms with E-state index in [4.69, 9.17) is 19.4 Å². The van der Waals surface area contributed by atoms with Crippen molar-refractivity contribution in [3.8, 4) is 34.4 Å². The molecule has 0 amide bonds. The molecule has 292 valence electrons. The molecule has 0 aliphatic rings. The number of para-hydroxylation sites is 4. The van der Waals surface area contributed by atoms with E-state index in [0.717, 1.165) is 93.1 Å². The molecule has 0 N–H and O–H groups in total. The first kappa shape index (κ1) is 34.1. The van der Waals surface area contributed by atoms with E-state index < -0.39 is 0 Å². The number of furan rings is 1. The van der Waals surface area contributed by atoms with E-state index in [9.17, 15) is 0 Å². The van der Waals surface area contributed by atoms with Gasteiger partial charge in [0.05, 0.1) is 27.8 Å². The molecule has 0 bridgehead atoms. The molecule has 0 aliphatic heterocycles. The molecular formula is C57H33N5O. The van der Waals surface area contributed by atoms with Gasteiger partial charge < -0.3 is 8.98 Å². The van der Waals surface area contributed by atoms with E-state index >= 15 is 0 Å². The van der Waals surface area contributed by atoms with Crippen molar-refractivity contribution >= 4 is 97.9 Å². The van der Waals surface area contributed by atoms with Crippen molar-refractivity contribution in [2.24, 2.45) is 0 Å². The zero-order chi connectivity index (χ0) is 41.2. The Morgan fingerprint density at radius 1 is 0.349 bits per heavy atom. The lowest BCUT2D eigenvalue weighted by Gasteiger charge is -2.17. The van der Waals surface area contributed by atoms with Crippen LogP contribution in [0.1, 0.15) is 0 Å². The number of nitrogens with zero attached hydrogens (tertiary/aromatic N) is 5. The van der Waals surface area contributed by atoms with Gasteiger partial charge in [-0.2, -0.15) is 9.97 Å². The topological polar surface area (TPSA) is 61.7 Å². The van der Waals surface area contributed by atoms with Gasteiger partial charge in [-0.25, -0.2) is 4.98 Å². The van der Waals surface area contributed by atoms with Gasteiger partial charge in [0.1, 0.15) is 5.58 Å². The van der Waals surface area contributed by atoms with Crippen molar-refractivity contribution < 1.29 is 4.42 Å². The van der Waals surface area contributed by atoms with Crippen molar-refractivity contribution in [3.63, 3.8) is 0 Å². The highest BCUT2D eigenvalue weighted by molar-refractivity contribution is 6.26. The predicted molar refractivity (Wildman–Crippen MR) is 259 cm³/mol. The zero-order valence-corrected chi connectivity index (χ0v) is 33.7. The molecule has 0 saturated heterocycles. The smallest absolute Gasteiger partial charge is 0.238 e. The molecule has 6 heteroatoms. The second-order valence-corrected chi connectivity index (χ2v) is 16.3. The zero-order valence-electron chi connectivity index (χ0n) is 33.7. The van der Waals surface area contributed by atoms with Gasteiger partial charge in [0.2, 0.25) is 5.95 Å². The molecule has 14 aromatic rings. The van der Waals surface area contributed by atoms with Gasteiger partial charge in [0.25, 0.3) is 0 Å². The molecule has 0 atom stereocenters. The fourth-order valence-corrected chi connectivity index (χ4v) is 10.2. The van der Waals surface area contributed by atoms with Crippen LogP contribution in [0.25, 0.3) is 132 Å². The molecule has 0 spiro atoms. The fourth-order valence-electron chi connectivity index (χ4n) is 10.2.